The van der Waals surface area contributed by atoms with Crippen LogP contribution in [0.2, 0.25) is 0 Å². The van der Waals surface area contributed by atoms with Crippen LogP contribution in [0.3, 0.4) is 0 Å². The van der Waals surface area contributed by atoms with Gasteiger partial charge in [-0.3, -0.25) is 4.90 Å². The molecule has 1 atom stereocenters. The maximum Gasteiger partial charge on any atom is 0.326 e. The summed E-state index contributed by atoms with van der Waals surface area (Å²) in [6.07, 6.45) is 1.71. The van der Waals surface area contributed by atoms with E-state index in [-0.39, 0.29) is 18.0 Å². The summed E-state index contributed by atoms with van der Waals surface area (Å²) in [5, 5.41) is 11.5. The fraction of sp³-hybridized carbons (Fsp3) is 0.692. The standard InChI is InChI=1S/C13H23N3O3/c1-5-6-10(11(17)18)14-12(19)16-8-7-15(4)13(2,3)9-16/h5,10H,1,6-9H2,2-4H3,(H,14,19)(H,17,18). The highest BCUT2D eigenvalue weighted by molar-refractivity contribution is 5.82. The van der Waals surface area contributed by atoms with Crippen molar-refractivity contribution in [3.8, 4) is 0 Å². The molecule has 1 fully saturated rings. The molecule has 0 saturated carbocycles. The van der Waals surface area contributed by atoms with Gasteiger partial charge in [0.25, 0.3) is 0 Å². The molecule has 1 saturated heterocycles. The minimum Gasteiger partial charge on any atom is -0.480 e. The van der Waals surface area contributed by atoms with Gasteiger partial charge in [0.2, 0.25) is 0 Å². The second-order valence-electron chi connectivity index (χ2n) is 5.52. The maximum absolute atomic E-state index is 12.1. The van der Waals surface area contributed by atoms with Crippen LogP contribution < -0.4 is 5.32 Å². The lowest BCUT2D eigenvalue weighted by Gasteiger charge is -2.45. The van der Waals surface area contributed by atoms with Gasteiger partial charge in [-0.15, -0.1) is 6.58 Å². The van der Waals surface area contributed by atoms with Crippen molar-refractivity contribution in [3.05, 3.63) is 12.7 Å². The van der Waals surface area contributed by atoms with E-state index in [0.29, 0.717) is 13.1 Å². The number of hydrogen-bond donors (Lipinski definition) is 2. The molecule has 1 rings (SSSR count). The minimum absolute atomic E-state index is 0.104. The fourth-order valence-electron chi connectivity index (χ4n) is 2.04. The molecule has 1 aliphatic rings. The average Bonchev–Trinajstić information content (AvgIpc) is 2.31. The molecule has 1 unspecified atom stereocenters. The normalized spacial score (nSPS) is 20.7. The Morgan fingerprint density at radius 1 is 1.47 bits per heavy atom. The third kappa shape index (κ3) is 3.96. The monoisotopic (exact) mass is 269 g/mol. The molecule has 0 radical (unpaired) electrons. The van der Waals surface area contributed by atoms with E-state index in [4.69, 9.17) is 5.11 Å². The summed E-state index contributed by atoms with van der Waals surface area (Å²) in [6, 6.07) is -1.23. The lowest BCUT2D eigenvalue weighted by atomic mass is 10.00. The highest BCUT2D eigenvalue weighted by Crippen LogP contribution is 2.18. The van der Waals surface area contributed by atoms with Gasteiger partial charge in [-0.2, -0.15) is 0 Å². The van der Waals surface area contributed by atoms with Gasteiger partial charge in [0.05, 0.1) is 0 Å². The molecule has 6 heteroatoms. The van der Waals surface area contributed by atoms with E-state index in [9.17, 15) is 9.59 Å². The Hall–Kier alpha value is -1.56. The van der Waals surface area contributed by atoms with E-state index in [0.717, 1.165) is 6.54 Å². The lowest BCUT2D eigenvalue weighted by Crippen LogP contribution is -2.61. The molecule has 0 aliphatic carbocycles. The average molecular weight is 269 g/mol. The van der Waals surface area contributed by atoms with E-state index < -0.39 is 12.0 Å². The van der Waals surface area contributed by atoms with Crippen molar-refractivity contribution < 1.29 is 14.7 Å². The predicted molar refractivity (Wildman–Crippen MR) is 73.1 cm³/mol. The first-order valence-electron chi connectivity index (χ1n) is 6.38. The first-order valence-corrected chi connectivity index (χ1v) is 6.38. The summed E-state index contributed by atoms with van der Waals surface area (Å²) in [4.78, 5) is 26.9. The summed E-state index contributed by atoms with van der Waals surface area (Å²) in [5.41, 5.74) is -0.104. The molecule has 0 bridgehead atoms. The number of aliphatic carboxylic acids is 1. The van der Waals surface area contributed by atoms with Crippen LogP contribution >= 0.6 is 0 Å². The van der Waals surface area contributed by atoms with Crippen molar-refractivity contribution in [2.75, 3.05) is 26.7 Å². The number of carboxylic acid groups (broad SMARTS) is 1. The number of urea groups is 1. The van der Waals surface area contributed by atoms with Gasteiger partial charge >= 0.3 is 12.0 Å². The van der Waals surface area contributed by atoms with Gasteiger partial charge in [-0.05, 0) is 27.3 Å². The highest BCUT2D eigenvalue weighted by atomic mass is 16.4. The number of carbonyl (C=O) groups excluding carboxylic acids is 1. The van der Waals surface area contributed by atoms with Gasteiger partial charge in [0, 0.05) is 25.2 Å². The van der Waals surface area contributed by atoms with Gasteiger partial charge in [-0.25, -0.2) is 9.59 Å². The third-order valence-corrected chi connectivity index (χ3v) is 3.60. The molecular weight excluding hydrogens is 246 g/mol. The molecule has 6 nitrogen and oxygen atoms in total. The minimum atomic E-state index is -1.04. The number of hydrogen-bond acceptors (Lipinski definition) is 3. The van der Waals surface area contributed by atoms with E-state index >= 15 is 0 Å². The Kier molecular flexibility index (Phi) is 4.94. The summed E-state index contributed by atoms with van der Waals surface area (Å²) in [7, 11) is 2.02. The molecule has 2 amide bonds. The van der Waals surface area contributed by atoms with Crippen LogP contribution in [0.25, 0.3) is 0 Å². The van der Waals surface area contributed by atoms with Crippen molar-refractivity contribution >= 4 is 12.0 Å². The predicted octanol–water partition coefficient (Wildman–Crippen LogP) is 0.751. The molecule has 108 valence electrons. The number of carboxylic acids is 1. The molecule has 19 heavy (non-hydrogen) atoms. The zero-order valence-electron chi connectivity index (χ0n) is 11.8. The van der Waals surface area contributed by atoms with Crippen molar-refractivity contribution in [1.82, 2.24) is 15.1 Å². The Bertz CT molecular complexity index is 368. The van der Waals surface area contributed by atoms with Gasteiger partial charge in [0.15, 0.2) is 0 Å². The van der Waals surface area contributed by atoms with Crippen LogP contribution in [0.5, 0.6) is 0 Å². The maximum atomic E-state index is 12.1. The topological polar surface area (TPSA) is 72.9 Å². The quantitative estimate of drug-likeness (QED) is 0.739. The molecule has 0 aromatic carbocycles. The largest absolute Gasteiger partial charge is 0.480 e. The first kappa shape index (κ1) is 15.5. The zero-order chi connectivity index (χ0) is 14.6. The molecule has 2 N–H and O–H groups in total. The number of carbonyl (C=O) groups is 2. The molecule has 1 aliphatic heterocycles. The van der Waals surface area contributed by atoms with Crippen LogP contribution in [0.1, 0.15) is 20.3 Å². The number of piperazine rings is 1. The number of amides is 2. The van der Waals surface area contributed by atoms with Crippen LogP contribution in [0.15, 0.2) is 12.7 Å². The third-order valence-electron chi connectivity index (χ3n) is 3.60. The molecule has 0 aromatic heterocycles. The zero-order valence-corrected chi connectivity index (χ0v) is 11.8. The Morgan fingerprint density at radius 3 is 2.58 bits per heavy atom. The Labute approximate surface area is 114 Å². The summed E-state index contributed by atoms with van der Waals surface area (Å²) in [6.45, 7) is 9.58. The lowest BCUT2D eigenvalue weighted by molar-refractivity contribution is -0.139. The van der Waals surface area contributed by atoms with Crippen LogP contribution in [0.4, 0.5) is 4.79 Å². The number of likely N-dealkylation sites (N-methyl/N-ethyl adjacent to an activating group) is 1. The van der Waals surface area contributed by atoms with E-state index in [2.05, 4.69) is 30.6 Å². The summed E-state index contributed by atoms with van der Waals surface area (Å²) < 4.78 is 0. The number of rotatable bonds is 4. The summed E-state index contributed by atoms with van der Waals surface area (Å²) >= 11 is 0. The summed E-state index contributed by atoms with van der Waals surface area (Å²) in [5.74, 6) is -1.04. The molecule has 0 spiro atoms. The number of nitrogens with zero attached hydrogens (tertiary/aromatic N) is 2. The highest BCUT2D eigenvalue weighted by Gasteiger charge is 2.34. The van der Waals surface area contributed by atoms with E-state index in [1.165, 1.54) is 6.08 Å². The molecule has 0 aromatic rings. The van der Waals surface area contributed by atoms with Crippen LogP contribution in [-0.4, -0.2) is 65.2 Å². The second-order valence-corrected chi connectivity index (χ2v) is 5.52. The second kappa shape index (κ2) is 6.06. The fourth-order valence-corrected chi connectivity index (χ4v) is 2.04. The van der Waals surface area contributed by atoms with Gasteiger partial charge in [-0.1, -0.05) is 6.08 Å². The Morgan fingerprint density at radius 2 is 2.11 bits per heavy atom. The SMILES string of the molecule is C=CCC(NC(=O)N1CCN(C)C(C)(C)C1)C(=O)O. The van der Waals surface area contributed by atoms with Crippen molar-refractivity contribution in [2.24, 2.45) is 0 Å². The van der Waals surface area contributed by atoms with Crippen molar-refractivity contribution in [1.29, 1.82) is 0 Å². The molecule has 1 heterocycles. The number of nitrogens with one attached hydrogen (secondary N) is 1. The smallest absolute Gasteiger partial charge is 0.326 e. The van der Waals surface area contributed by atoms with Crippen LogP contribution in [-0.2, 0) is 4.79 Å². The molecular formula is C13H23N3O3. The first-order chi connectivity index (χ1) is 8.77. The van der Waals surface area contributed by atoms with Crippen LogP contribution in [0, 0.1) is 0 Å². The van der Waals surface area contributed by atoms with Crippen molar-refractivity contribution in [3.63, 3.8) is 0 Å². The van der Waals surface area contributed by atoms with E-state index in [1.54, 1.807) is 4.90 Å². The Balaban J connectivity index is 2.63. The van der Waals surface area contributed by atoms with Gasteiger partial charge < -0.3 is 15.3 Å². The van der Waals surface area contributed by atoms with E-state index in [1.807, 2.05) is 7.05 Å². The van der Waals surface area contributed by atoms with Crippen molar-refractivity contribution in [2.45, 2.75) is 31.8 Å². The van der Waals surface area contributed by atoms with Gasteiger partial charge in [0.1, 0.15) is 6.04 Å².